The summed E-state index contributed by atoms with van der Waals surface area (Å²) in [5, 5.41) is 5.78. The Balaban J connectivity index is 1.75. The average Bonchev–Trinajstić information content (AvgIpc) is 3.16. The van der Waals surface area contributed by atoms with Crippen molar-refractivity contribution in [2.45, 2.75) is 13.5 Å². The molecule has 0 aliphatic rings. The maximum atomic E-state index is 13.0. The molecule has 7 heteroatoms. The lowest BCUT2D eigenvalue weighted by atomic mass is 10.1. The van der Waals surface area contributed by atoms with Crippen LogP contribution < -0.4 is 5.32 Å². The lowest BCUT2D eigenvalue weighted by molar-refractivity contribution is -0.121. The van der Waals surface area contributed by atoms with Crippen LogP contribution in [0.4, 0.5) is 0 Å². The van der Waals surface area contributed by atoms with Crippen molar-refractivity contribution in [2.24, 2.45) is 0 Å². The molecule has 1 aromatic carbocycles. The molecular weight excluding hydrogens is 370 g/mol. The molecule has 0 saturated carbocycles. The van der Waals surface area contributed by atoms with E-state index in [1.54, 1.807) is 17.4 Å². The first-order valence-electron chi connectivity index (χ1n) is 8.22. The highest BCUT2D eigenvalue weighted by Crippen LogP contribution is 2.22. The second-order valence-corrected chi connectivity index (χ2v) is 7.10. The van der Waals surface area contributed by atoms with Gasteiger partial charge in [0.1, 0.15) is 5.15 Å². The highest BCUT2D eigenvalue weighted by atomic mass is 35.5. The number of fused-ring (bicyclic) bond motifs is 1. The van der Waals surface area contributed by atoms with E-state index >= 15 is 0 Å². The number of aromatic nitrogens is 1. The van der Waals surface area contributed by atoms with Crippen LogP contribution in [0.15, 0.2) is 47.8 Å². The summed E-state index contributed by atoms with van der Waals surface area (Å²) in [6, 6.07) is 12.8. The number of carbonyl (C=O) groups excluding carboxylic acids is 2. The molecule has 0 spiro atoms. The van der Waals surface area contributed by atoms with Gasteiger partial charge in [-0.15, -0.1) is 11.3 Å². The Morgan fingerprint density at radius 1 is 1.23 bits per heavy atom. The minimum Gasteiger partial charge on any atom is -0.350 e. The maximum Gasteiger partial charge on any atom is 0.255 e. The normalized spacial score (nSPS) is 10.7. The average molecular weight is 388 g/mol. The Morgan fingerprint density at radius 3 is 2.77 bits per heavy atom. The third-order valence-corrected chi connectivity index (χ3v) is 5.03. The predicted octanol–water partition coefficient (Wildman–Crippen LogP) is 3.73. The first kappa shape index (κ1) is 18.4. The predicted molar refractivity (Wildman–Crippen MR) is 104 cm³/mol. The quantitative estimate of drug-likeness (QED) is 0.655. The number of hydrogen-bond donors (Lipinski definition) is 1. The van der Waals surface area contributed by atoms with Crippen molar-refractivity contribution in [3.8, 4) is 0 Å². The lowest BCUT2D eigenvalue weighted by Crippen LogP contribution is -2.40. The van der Waals surface area contributed by atoms with Gasteiger partial charge in [-0.05, 0) is 30.5 Å². The molecule has 2 heterocycles. The summed E-state index contributed by atoms with van der Waals surface area (Å²) in [4.78, 5) is 32.0. The fourth-order valence-electron chi connectivity index (χ4n) is 2.65. The Bertz CT molecular complexity index is 928. The van der Waals surface area contributed by atoms with E-state index in [0.717, 1.165) is 10.3 Å². The minimum atomic E-state index is -0.237. The number of amides is 2. The van der Waals surface area contributed by atoms with Crippen LogP contribution in [-0.4, -0.2) is 34.8 Å². The Hall–Kier alpha value is -2.44. The number of thiophene rings is 1. The summed E-state index contributed by atoms with van der Waals surface area (Å²) in [6.07, 6.45) is 0. The van der Waals surface area contributed by atoms with Gasteiger partial charge in [0, 0.05) is 16.8 Å². The fraction of sp³-hybridized carbons (Fsp3) is 0.211. The smallest absolute Gasteiger partial charge is 0.255 e. The molecule has 0 aliphatic heterocycles. The van der Waals surface area contributed by atoms with E-state index < -0.39 is 0 Å². The van der Waals surface area contributed by atoms with Gasteiger partial charge in [0.15, 0.2) is 0 Å². The van der Waals surface area contributed by atoms with Gasteiger partial charge in [-0.25, -0.2) is 4.98 Å². The van der Waals surface area contributed by atoms with Crippen LogP contribution in [-0.2, 0) is 11.3 Å². The molecule has 0 bridgehead atoms. The van der Waals surface area contributed by atoms with Gasteiger partial charge in [0.2, 0.25) is 5.91 Å². The van der Waals surface area contributed by atoms with Crippen LogP contribution in [0.2, 0.25) is 5.15 Å². The van der Waals surface area contributed by atoms with Crippen LogP contribution >= 0.6 is 22.9 Å². The van der Waals surface area contributed by atoms with E-state index in [-0.39, 0.29) is 23.5 Å². The van der Waals surface area contributed by atoms with Crippen molar-refractivity contribution in [2.75, 3.05) is 13.1 Å². The van der Waals surface area contributed by atoms with Crippen LogP contribution in [0, 0.1) is 0 Å². The molecule has 2 aromatic heterocycles. The van der Waals surface area contributed by atoms with E-state index in [0.29, 0.717) is 24.2 Å². The SMILES string of the molecule is CCN(CC(=O)NCc1cccs1)C(=O)c1cc(Cl)nc2ccccc12. The second kappa shape index (κ2) is 8.29. The van der Waals surface area contributed by atoms with E-state index in [2.05, 4.69) is 10.3 Å². The van der Waals surface area contributed by atoms with Crippen molar-refractivity contribution in [1.82, 2.24) is 15.2 Å². The summed E-state index contributed by atoms with van der Waals surface area (Å²) < 4.78 is 0. The molecule has 134 valence electrons. The molecule has 0 radical (unpaired) electrons. The molecule has 0 unspecified atom stereocenters. The zero-order valence-electron chi connectivity index (χ0n) is 14.2. The van der Waals surface area contributed by atoms with Crippen molar-refractivity contribution in [3.63, 3.8) is 0 Å². The van der Waals surface area contributed by atoms with E-state index in [4.69, 9.17) is 11.6 Å². The van der Waals surface area contributed by atoms with Crippen LogP contribution in [0.3, 0.4) is 0 Å². The molecular formula is C19H18ClN3O2S. The first-order chi connectivity index (χ1) is 12.6. The van der Waals surface area contributed by atoms with Crippen LogP contribution in [0.25, 0.3) is 10.9 Å². The van der Waals surface area contributed by atoms with Gasteiger partial charge in [-0.3, -0.25) is 9.59 Å². The zero-order chi connectivity index (χ0) is 18.5. The number of pyridine rings is 1. The molecule has 26 heavy (non-hydrogen) atoms. The molecule has 0 saturated heterocycles. The molecule has 3 rings (SSSR count). The van der Waals surface area contributed by atoms with Gasteiger partial charge in [-0.1, -0.05) is 35.9 Å². The van der Waals surface area contributed by atoms with Crippen molar-refractivity contribution in [3.05, 3.63) is 63.4 Å². The number of hydrogen-bond acceptors (Lipinski definition) is 4. The molecule has 0 aliphatic carbocycles. The van der Waals surface area contributed by atoms with Crippen LogP contribution in [0.1, 0.15) is 22.2 Å². The second-order valence-electron chi connectivity index (χ2n) is 5.69. The largest absolute Gasteiger partial charge is 0.350 e. The van der Waals surface area contributed by atoms with Crippen molar-refractivity contribution in [1.29, 1.82) is 0 Å². The van der Waals surface area contributed by atoms with Crippen molar-refractivity contribution >= 4 is 45.7 Å². The highest BCUT2D eigenvalue weighted by molar-refractivity contribution is 7.09. The number of benzene rings is 1. The van der Waals surface area contributed by atoms with Gasteiger partial charge >= 0.3 is 0 Å². The van der Waals surface area contributed by atoms with Gasteiger partial charge in [-0.2, -0.15) is 0 Å². The number of nitrogens with zero attached hydrogens (tertiary/aromatic N) is 2. The van der Waals surface area contributed by atoms with Gasteiger partial charge < -0.3 is 10.2 Å². The van der Waals surface area contributed by atoms with E-state index in [1.807, 2.05) is 48.7 Å². The third-order valence-electron chi connectivity index (χ3n) is 3.96. The number of rotatable bonds is 6. The topological polar surface area (TPSA) is 62.3 Å². The molecule has 0 atom stereocenters. The number of nitrogens with one attached hydrogen (secondary N) is 1. The van der Waals surface area contributed by atoms with E-state index in [9.17, 15) is 9.59 Å². The summed E-state index contributed by atoms with van der Waals surface area (Å²) in [6.45, 7) is 2.72. The molecule has 2 amide bonds. The molecule has 3 aromatic rings. The number of halogens is 1. The first-order valence-corrected chi connectivity index (χ1v) is 9.48. The molecule has 0 fully saturated rings. The number of likely N-dealkylation sites (N-methyl/N-ethyl adjacent to an activating group) is 1. The zero-order valence-corrected chi connectivity index (χ0v) is 15.8. The standard InChI is InChI=1S/C19H18ClN3O2S/c1-2-23(12-18(24)21-11-13-6-5-9-26-13)19(25)15-10-17(20)22-16-8-4-3-7-14(15)16/h3-10H,2,11-12H2,1H3,(H,21,24). The van der Waals surface area contributed by atoms with Gasteiger partial charge in [0.25, 0.3) is 5.91 Å². The van der Waals surface area contributed by atoms with E-state index in [1.165, 1.54) is 4.90 Å². The number of para-hydroxylation sites is 1. The summed E-state index contributed by atoms with van der Waals surface area (Å²) >= 11 is 7.65. The summed E-state index contributed by atoms with van der Waals surface area (Å²) in [5.74, 6) is -0.433. The summed E-state index contributed by atoms with van der Waals surface area (Å²) in [7, 11) is 0. The van der Waals surface area contributed by atoms with Gasteiger partial charge in [0.05, 0.1) is 24.2 Å². The lowest BCUT2D eigenvalue weighted by Gasteiger charge is -2.21. The molecule has 1 N–H and O–H groups in total. The fourth-order valence-corrected chi connectivity index (χ4v) is 3.49. The Kier molecular flexibility index (Phi) is 5.85. The highest BCUT2D eigenvalue weighted by Gasteiger charge is 2.20. The van der Waals surface area contributed by atoms with Crippen LogP contribution in [0.5, 0.6) is 0 Å². The van der Waals surface area contributed by atoms with Crippen molar-refractivity contribution < 1.29 is 9.59 Å². The maximum absolute atomic E-state index is 13.0. The summed E-state index contributed by atoms with van der Waals surface area (Å²) in [5.41, 5.74) is 1.11. The molecule has 5 nitrogen and oxygen atoms in total. The monoisotopic (exact) mass is 387 g/mol. The Morgan fingerprint density at radius 2 is 2.04 bits per heavy atom. The third kappa shape index (κ3) is 4.20. The Labute approximate surface area is 160 Å². The number of carbonyl (C=O) groups is 2. The minimum absolute atomic E-state index is 0.00498.